The molecule has 4 fully saturated rings. The van der Waals surface area contributed by atoms with E-state index in [1.54, 1.807) is 0 Å². The fourth-order valence-electron chi connectivity index (χ4n) is 7.60. The van der Waals surface area contributed by atoms with Gasteiger partial charge in [0.05, 0.1) is 12.2 Å². The molecule has 0 aromatic carbocycles. The van der Waals surface area contributed by atoms with Crippen LogP contribution in [-0.4, -0.2) is 45.2 Å². The minimum absolute atomic E-state index is 0.0268. The maximum atomic E-state index is 13.4. The third-order valence-corrected chi connectivity index (χ3v) is 9.11. The molecule has 0 aliphatic heterocycles. The van der Waals surface area contributed by atoms with Gasteiger partial charge in [0.15, 0.2) is 0 Å². The van der Waals surface area contributed by atoms with Crippen molar-refractivity contribution in [2.45, 2.75) is 76.9 Å². The molecule has 5 heteroatoms. The molecule has 5 nitrogen and oxygen atoms in total. The van der Waals surface area contributed by atoms with Crippen molar-refractivity contribution in [1.29, 1.82) is 0 Å². The second-order valence-electron chi connectivity index (χ2n) is 9.99. The van der Waals surface area contributed by atoms with Gasteiger partial charge in [-0.15, -0.1) is 0 Å². The van der Waals surface area contributed by atoms with Crippen LogP contribution in [0.5, 0.6) is 0 Å². The van der Waals surface area contributed by atoms with Crippen LogP contribution in [0.1, 0.15) is 65.2 Å². The monoisotopic (exact) mass is 364 g/mol. The average molecular weight is 364 g/mol. The minimum Gasteiger partial charge on any atom is -0.394 e. The topological polar surface area (TPSA) is 94.8 Å². The first-order valence-electron chi connectivity index (χ1n) is 10.2. The second kappa shape index (κ2) is 5.86. The van der Waals surface area contributed by atoms with Gasteiger partial charge in [-0.3, -0.25) is 9.59 Å². The summed E-state index contributed by atoms with van der Waals surface area (Å²) in [6, 6.07) is 0. The Morgan fingerprint density at radius 2 is 1.88 bits per heavy atom. The highest BCUT2D eigenvalue weighted by Crippen LogP contribution is 2.67. The Balaban J connectivity index is 1.70. The van der Waals surface area contributed by atoms with Crippen molar-refractivity contribution in [1.82, 2.24) is 0 Å². The quantitative estimate of drug-likeness (QED) is 0.695. The number of aliphatic hydroxyl groups is 3. The highest BCUT2D eigenvalue weighted by molar-refractivity contribution is 5.86. The molecule has 0 aromatic heterocycles. The number of carbonyl (C=O) groups is 2. The molecule has 0 spiro atoms. The number of hydrogen-bond donors (Lipinski definition) is 3. The van der Waals surface area contributed by atoms with Gasteiger partial charge in [0.1, 0.15) is 17.7 Å². The first-order valence-corrected chi connectivity index (χ1v) is 10.2. The van der Waals surface area contributed by atoms with Crippen molar-refractivity contribution >= 4 is 11.6 Å². The summed E-state index contributed by atoms with van der Waals surface area (Å²) in [5, 5.41) is 31.0. The highest BCUT2D eigenvalue weighted by atomic mass is 16.4. The summed E-state index contributed by atoms with van der Waals surface area (Å²) in [4.78, 5) is 25.3. The van der Waals surface area contributed by atoms with E-state index < -0.39 is 23.7 Å². The molecule has 2 unspecified atom stereocenters. The van der Waals surface area contributed by atoms with Gasteiger partial charge in [-0.1, -0.05) is 13.8 Å². The minimum atomic E-state index is -1.40. The SMILES string of the molecule is CC12CCC(=O)C[C@@H]1CC[C@@H]1[C@@H]2C(=O)C[C@@]2(C)[C@H]1CC[C@]2(O)C(O)CO. The summed E-state index contributed by atoms with van der Waals surface area (Å²) >= 11 is 0. The lowest BCUT2D eigenvalue weighted by atomic mass is 9.44. The van der Waals surface area contributed by atoms with Crippen molar-refractivity contribution in [3.05, 3.63) is 0 Å². The molecule has 4 aliphatic rings. The lowest BCUT2D eigenvalue weighted by molar-refractivity contribution is -0.195. The zero-order valence-corrected chi connectivity index (χ0v) is 15.9. The Bertz CT molecular complexity index is 632. The van der Waals surface area contributed by atoms with E-state index in [2.05, 4.69) is 6.92 Å². The molecule has 0 radical (unpaired) electrons. The molecule has 26 heavy (non-hydrogen) atoms. The van der Waals surface area contributed by atoms with Crippen molar-refractivity contribution in [3.8, 4) is 0 Å². The van der Waals surface area contributed by atoms with E-state index >= 15 is 0 Å². The van der Waals surface area contributed by atoms with E-state index in [1.165, 1.54) is 0 Å². The number of ketones is 2. The molecule has 3 N–H and O–H groups in total. The van der Waals surface area contributed by atoms with Crippen LogP contribution in [0.25, 0.3) is 0 Å². The van der Waals surface area contributed by atoms with Crippen molar-refractivity contribution in [2.24, 2.45) is 34.5 Å². The van der Waals surface area contributed by atoms with Crippen LogP contribution < -0.4 is 0 Å². The molecule has 0 heterocycles. The summed E-state index contributed by atoms with van der Waals surface area (Å²) < 4.78 is 0. The van der Waals surface area contributed by atoms with Crippen LogP contribution in [0.4, 0.5) is 0 Å². The van der Waals surface area contributed by atoms with Crippen LogP contribution in [0.3, 0.4) is 0 Å². The summed E-state index contributed by atoms with van der Waals surface area (Å²) in [7, 11) is 0. The average Bonchev–Trinajstić information content (AvgIpc) is 2.86. The molecule has 4 rings (SSSR count). The largest absolute Gasteiger partial charge is 0.394 e. The fourth-order valence-corrected chi connectivity index (χ4v) is 7.60. The standard InChI is InChI=1S/C21H32O5/c1-19-7-5-13(23)9-12(19)3-4-14-15-6-8-21(26,17(25)11-22)20(15,2)10-16(24)18(14)19/h12,14-15,17-18,22,25-26H,3-11H2,1-2H3/t12-,14-,15-,17?,18+,19?,20-,21-/m0/s1. The Kier molecular flexibility index (Phi) is 4.18. The van der Waals surface area contributed by atoms with E-state index in [4.69, 9.17) is 0 Å². The van der Waals surface area contributed by atoms with Gasteiger partial charge in [0, 0.05) is 30.6 Å². The number of fused-ring (bicyclic) bond motifs is 5. The van der Waals surface area contributed by atoms with Crippen molar-refractivity contribution < 1.29 is 24.9 Å². The molecule has 4 saturated carbocycles. The fraction of sp³-hybridized carbons (Fsp3) is 0.905. The van der Waals surface area contributed by atoms with Gasteiger partial charge >= 0.3 is 0 Å². The Hall–Kier alpha value is -0.780. The van der Waals surface area contributed by atoms with E-state index in [1.807, 2.05) is 6.92 Å². The van der Waals surface area contributed by atoms with Crippen LogP contribution in [0.2, 0.25) is 0 Å². The van der Waals surface area contributed by atoms with Crippen LogP contribution in [-0.2, 0) is 9.59 Å². The molecular weight excluding hydrogens is 332 g/mol. The van der Waals surface area contributed by atoms with Gasteiger partial charge in [0.25, 0.3) is 0 Å². The Labute approximate surface area is 155 Å². The highest BCUT2D eigenvalue weighted by Gasteiger charge is 2.68. The lowest BCUT2D eigenvalue weighted by Crippen LogP contribution is -2.63. The zero-order chi connectivity index (χ0) is 18.9. The maximum Gasteiger partial charge on any atom is 0.137 e. The molecule has 0 bridgehead atoms. The Morgan fingerprint density at radius 3 is 2.58 bits per heavy atom. The number of Topliss-reactive ketones (excluding diaryl/α,β-unsaturated/α-hetero) is 2. The van der Waals surface area contributed by atoms with Gasteiger partial charge in [-0.2, -0.15) is 0 Å². The van der Waals surface area contributed by atoms with E-state index in [9.17, 15) is 24.9 Å². The maximum absolute atomic E-state index is 13.4. The molecule has 4 aliphatic carbocycles. The number of hydrogen-bond acceptors (Lipinski definition) is 5. The molecule has 0 saturated heterocycles. The van der Waals surface area contributed by atoms with Crippen molar-refractivity contribution in [2.75, 3.05) is 6.61 Å². The van der Waals surface area contributed by atoms with Crippen LogP contribution in [0, 0.1) is 34.5 Å². The van der Waals surface area contributed by atoms with Gasteiger partial charge in [0.2, 0.25) is 0 Å². The first-order chi connectivity index (χ1) is 12.2. The third-order valence-electron chi connectivity index (χ3n) is 9.11. The molecule has 146 valence electrons. The summed E-state index contributed by atoms with van der Waals surface area (Å²) in [6.45, 7) is 3.67. The van der Waals surface area contributed by atoms with Crippen LogP contribution in [0.15, 0.2) is 0 Å². The molecule has 8 atom stereocenters. The molecular formula is C21H32O5. The third kappa shape index (κ3) is 2.20. The summed E-state index contributed by atoms with van der Waals surface area (Å²) in [5.41, 5.74) is -2.18. The summed E-state index contributed by atoms with van der Waals surface area (Å²) in [5.74, 6) is 1.21. The van der Waals surface area contributed by atoms with Crippen molar-refractivity contribution in [3.63, 3.8) is 0 Å². The summed E-state index contributed by atoms with van der Waals surface area (Å²) in [6.07, 6.45) is 4.18. The predicted octanol–water partition coefficient (Wildman–Crippen LogP) is 1.86. The smallest absolute Gasteiger partial charge is 0.137 e. The molecule has 0 aromatic rings. The van der Waals surface area contributed by atoms with E-state index in [0.29, 0.717) is 31.0 Å². The van der Waals surface area contributed by atoms with Gasteiger partial charge < -0.3 is 15.3 Å². The number of aliphatic hydroxyl groups excluding tert-OH is 2. The second-order valence-corrected chi connectivity index (χ2v) is 9.99. The van der Waals surface area contributed by atoms with Gasteiger partial charge in [-0.25, -0.2) is 0 Å². The zero-order valence-electron chi connectivity index (χ0n) is 15.9. The van der Waals surface area contributed by atoms with E-state index in [-0.39, 0.29) is 35.4 Å². The number of rotatable bonds is 2. The molecule has 0 amide bonds. The van der Waals surface area contributed by atoms with Crippen LogP contribution >= 0.6 is 0 Å². The van der Waals surface area contributed by atoms with Gasteiger partial charge in [-0.05, 0) is 55.3 Å². The predicted molar refractivity (Wildman–Crippen MR) is 95.2 cm³/mol. The lowest BCUT2D eigenvalue weighted by Gasteiger charge is -2.60. The van der Waals surface area contributed by atoms with E-state index in [0.717, 1.165) is 25.7 Å². The Morgan fingerprint density at radius 1 is 1.15 bits per heavy atom. The first kappa shape index (κ1) is 18.6. The normalized spacial score (nSPS) is 52.2. The number of carbonyl (C=O) groups excluding carboxylic acids is 2.